The fourth-order valence-electron chi connectivity index (χ4n) is 2.33. The van der Waals surface area contributed by atoms with E-state index in [0.717, 1.165) is 23.0 Å². The monoisotopic (exact) mass is 268 g/mol. The van der Waals surface area contributed by atoms with Crippen LogP contribution in [-0.4, -0.2) is 27.0 Å². The molecule has 0 aliphatic rings. The number of amides is 1. The van der Waals surface area contributed by atoms with Gasteiger partial charge in [0.25, 0.3) is 5.91 Å². The molecule has 0 saturated carbocycles. The number of nitrogens with one attached hydrogen (secondary N) is 2. The lowest BCUT2D eigenvalue weighted by molar-refractivity contribution is 0.0946. The van der Waals surface area contributed by atoms with Crippen LogP contribution >= 0.6 is 0 Å². The summed E-state index contributed by atoms with van der Waals surface area (Å²) in [5, 5.41) is 4.01. The average molecular weight is 268 g/mol. The molecule has 0 bridgehead atoms. The molecule has 5 nitrogen and oxygen atoms in total. The maximum atomic E-state index is 12.2. The maximum Gasteiger partial charge on any atom is 0.267 e. The van der Waals surface area contributed by atoms with Crippen LogP contribution in [0.2, 0.25) is 0 Å². The standard InChI is InChI=1S/C15H16N4O/c1-19-13-5-3-2-4-11(13)8-14(19)15(20)17-7-6-12-9-16-10-18-12/h2-5,8-10H,6-7H2,1H3,(H,16,18)(H,17,20). The molecule has 2 heterocycles. The third-order valence-corrected chi connectivity index (χ3v) is 3.42. The van der Waals surface area contributed by atoms with Crippen molar-refractivity contribution >= 4 is 16.8 Å². The van der Waals surface area contributed by atoms with E-state index in [1.807, 2.05) is 41.9 Å². The Morgan fingerprint density at radius 1 is 1.40 bits per heavy atom. The quantitative estimate of drug-likeness (QED) is 0.759. The minimum atomic E-state index is -0.0526. The summed E-state index contributed by atoms with van der Waals surface area (Å²) in [4.78, 5) is 19.2. The highest BCUT2D eigenvalue weighted by molar-refractivity contribution is 5.98. The summed E-state index contributed by atoms with van der Waals surface area (Å²) in [5.74, 6) is -0.0526. The van der Waals surface area contributed by atoms with Gasteiger partial charge in [-0.1, -0.05) is 18.2 Å². The predicted molar refractivity (Wildman–Crippen MR) is 77.5 cm³/mol. The summed E-state index contributed by atoms with van der Waals surface area (Å²) in [6.07, 6.45) is 4.15. The van der Waals surface area contributed by atoms with E-state index in [1.54, 1.807) is 12.5 Å². The van der Waals surface area contributed by atoms with Crippen molar-refractivity contribution in [1.29, 1.82) is 0 Å². The van der Waals surface area contributed by atoms with Gasteiger partial charge in [0.15, 0.2) is 0 Å². The fourth-order valence-corrected chi connectivity index (χ4v) is 2.33. The first-order chi connectivity index (χ1) is 9.75. The number of aromatic amines is 1. The van der Waals surface area contributed by atoms with Gasteiger partial charge in [0, 0.05) is 42.8 Å². The van der Waals surface area contributed by atoms with Crippen LogP contribution in [0.15, 0.2) is 42.9 Å². The van der Waals surface area contributed by atoms with Gasteiger partial charge in [-0.2, -0.15) is 0 Å². The molecule has 2 aromatic heterocycles. The van der Waals surface area contributed by atoms with E-state index in [1.165, 1.54) is 0 Å². The second-order valence-corrected chi connectivity index (χ2v) is 4.73. The number of H-pyrrole nitrogens is 1. The summed E-state index contributed by atoms with van der Waals surface area (Å²) in [5.41, 5.74) is 2.75. The number of benzene rings is 1. The zero-order valence-electron chi connectivity index (χ0n) is 11.3. The number of carbonyl (C=O) groups is 1. The molecule has 0 fully saturated rings. The van der Waals surface area contributed by atoms with E-state index in [0.29, 0.717) is 12.2 Å². The van der Waals surface area contributed by atoms with E-state index >= 15 is 0 Å². The molecule has 0 spiro atoms. The average Bonchev–Trinajstić information content (AvgIpc) is 3.08. The third-order valence-electron chi connectivity index (χ3n) is 3.42. The Hall–Kier alpha value is -2.56. The van der Waals surface area contributed by atoms with Gasteiger partial charge < -0.3 is 14.9 Å². The van der Waals surface area contributed by atoms with Crippen molar-refractivity contribution in [2.45, 2.75) is 6.42 Å². The van der Waals surface area contributed by atoms with Gasteiger partial charge in [-0.15, -0.1) is 0 Å². The summed E-state index contributed by atoms with van der Waals surface area (Å²) in [7, 11) is 1.91. The highest BCUT2D eigenvalue weighted by Crippen LogP contribution is 2.17. The molecule has 5 heteroatoms. The SMILES string of the molecule is Cn1c(C(=O)NCCc2cnc[nH]2)cc2ccccc21. The van der Waals surface area contributed by atoms with Crippen LogP contribution in [-0.2, 0) is 13.5 Å². The van der Waals surface area contributed by atoms with E-state index in [-0.39, 0.29) is 5.91 Å². The molecule has 0 radical (unpaired) electrons. The molecule has 0 unspecified atom stereocenters. The van der Waals surface area contributed by atoms with Gasteiger partial charge in [0.1, 0.15) is 5.69 Å². The van der Waals surface area contributed by atoms with Crippen LogP contribution in [0, 0.1) is 0 Å². The number of fused-ring (bicyclic) bond motifs is 1. The van der Waals surface area contributed by atoms with Gasteiger partial charge >= 0.3 is 0 Å². The molecule has 0 aliphatic carbocycles. The maximum absolute atomic E-state index is 12.2. The number of para-hydroxylation sites is 1. The van der Waals surface area contributed by atoms with Crippen LogP contribution < -0.4 is 5.32 Å². The summed E-state index contributed by atoms with van der Waals surface area (Å²) >= 11 is 0. The number of nitrogens with zero attached hydrogens (tertiary/aromatic N) is 2. The lowest BCUT2D eigenvalue weighted by atomic mass is 10.2. The topological polar surface area (TPSA) is 62.7 Å². The van der Waals surface area contributed by atoms with Gasteiger partial charge in [0.2, 0.25) is 0 Å². The highest BCUT2D eigenvalue weighted by atomic mass is 16.1. The van der Waals surface area contributed by atoms with Crippen molar-refractivity contribution in [2.24, 2.45) is 7.05 Å². The number of hydrogen-bond donors (Lipinski definition) is 2. The number of hydrogen-bond acceptors (Lipinski definition) is 2. The van der Waals surface area contributed by atoms with Gasteiger partial charge in [-0.3, -0.25) is 4.79 Å². The summed E-state index contributed by atoms with van der Waals surface area (Å²) in [6, 6.07) is 9.89. The predicted octanol–water partition coefficient (Wildman–Crippen LogP) is 1.87. The largest absolute Gasteiger partial charge is 0.350 e. The number of aryl methyl sites for hydroxylation is 1. The fraction of sp³-hybridized carbons (Fsp3) is 0.200. The lowest BCUT2D eigenvalue weighted by Crippen LogP contribution is -2.27. The Morgan fingerprint density at radius 3 is 3.00 bits per heavy atom. The van der Waals surface area contributed by atoms with Crippen LogP contribution in [0.4, 0.5) is 0 Å². The first-order valence-electron chi connectivity index (χ1n) is 6.55. The molecule has 1 amide bonds. The van der Waals surface area contributed by atoms with Crippen molar-refractivity contribution < 1.29 is 4.79 Å². The Balaban J connectivity index is 1.71. The zero-order chi connectivity index (χ0) is 13.9. The minimum absolute atomic E-state index is 0.0526. The smallest absolute Gasteiger partial charge is 0.267 e. The number of aromatic nitrogens is 3. The number of rotatable bonds is 4. The molecule has 1 aromatic carbocycles. The molecule has 2 N–H and O–H groups in total. The Kier molecular flexibility index (Phi) is 3.25. The van der Waals surface area contributed by atoms with Gasteiger partial charge in [-0.25, -0.2) is 4.98 Å². The summed E-state index contributed by atoms with van der Waals surface area (Å²) in [6.45, 7) is 0.586. The summed E-state index contributed by atoms with van der Waals surface area (Å²) < 4.78 is 1.92. The van der Waals surface area contributed by atoms with Crippen LogP contribution in [0.3, 0.4) is 0 Å². The molecular weight excluding hydrogens is 252 g/mol. The van der Waals surface area contributed by atoms with E-state index < -0.39 is 0 Å². The molecular formula is C15H16N4O. The van der Waals surface area contributed by atoms with Crippen LogP contribution in [0.1, 0.15) is 16.2 Å². The van der Waals surface area contributed by atoms with Crippen molar-refractivity contribution in [1.82, 2.24) is 19.9 Å². The Labute approximate surface area is 116 Å². The second kappa shape index (κ2) is 5.21. The zero-order valence-corrected chi connectivity index (χ0v) is 11.3. The minimum Gasteiger partial charge on any atom is -0.350 e. The molecule has 0 atom stereocenters. The van der Waals surface area contributed by atoms with Crippen molar-refractivity contribution in [3.05, 3.63) is 54.2 Å². The van der Waals surface area contributed by atoms with Gasteiger partial charge in [0.05, 0.1) is 6.33 Å². The number of carbonyl (C=O) groups excluding carboxylic acids is 1. The van der Waals surface area contributed by atoms with Crippen molar-refractivity contribution in [3.63, 3.8) is 0 Å². The molecule has 102 valence electrons. The molecule has 3 rings (SSSR count). The molecule has 3 aromatic rings. The first-order valence-corrected chi connectivity index (χ1v) is 6.55. The van der Waals surface area contributed by atoms with Crippen LogP contribution in [0.25, 0.3) is 10.9 Å². The molecule has 0 saturated heterocycles. The Morgan fingerprint density at radius 2 is 2.25 bits per heavy atom. The third kappa shape index (κ3) is 2.30. The first kappa shape index (κ1) is 12.5. The second-order valence-electron chi connectivity index (χ2n) is 4.73. The normalized spacial score (nSPS) is 10.8. The molecule has 20 heavy (non-hydrogen) atoms. The van der Waals surface area contributed by atoms with E-state index in [9.17, 15) is 4.79 Å². The van der Waals surface area contributed by atoms with Gasteiger partial charge in [-0.05, 0) is 12.1 Å². The van der Waals surface area contributed by atoms with Crippen molar-refractivity contribution in [2.75, 3.05) is 6.54 Å². The lowest BCUT2D eigenvalue weighted by Gasteiger charge is -2.05. The van der Waals surface area contributed by atoms with Crippen molar-refractivity contribution in [3.8, 4) is 0 Å². The van der Waals surface area contributed by atoms with E-state index in [2.05, 4.69) is 15.3 Å². The molecule has 0 aliphatic heterocycles. The highest BCUT2D eigenvalue weighted by Gasteiger charge is 2.12. The van der Waals surface area contributed by atoms with E-state index in [4.69, 9.17) is 0 Å². The van der Waals surface area contributed by atoms with Crippen LogP contribution in [0.5, 0.6) is 0 Å². The number of imidazole rings is 1. The Bertz CT molecular complexity index is 728.